The summed E-state index contributed by atoms with van der Waals surface area (Å²) >= 11 is 3.39. The number of nitrogen functional groups attached to an aromatic ring is 1. The van der Waals surface area contributed by atoms with E-state index in [1.54, 1.807) is 31.7 Å². The van der Waals surface area contributed by atoms with Crippen LogP contribution in [0.25, 0.3) is 11.2 Å². The monoisotopic (exact) mass is 568 g/mol. The van der Waals surface area contributed by atoms with E-state index in [2.05, 4.69) is 36.0 Å². The van der Waals surface area contributed by atoms with E-state index in [0.29, 0.717) is 23.5 Å². The van der Waals surface area contributed by atoms with Crippen LogP contribution in [0, 0.1) is 0 Å². The number of imidazole rings is 1. The lowest BCUT2D eigenvalue weighted by Gasteiger charge is -2.25. The lowest BCUT2D eigenvalue weighted by atomic mass is 10.2. The minimum absolute atomic E-state index is 0.0730. The number of nitrogens with zero attached hydrogens (tertiary/aromatic N) is 4. The Labute approximate surface area is 212 Å². The van der Waals surface area contributed by atoms with Crippen molar-refractivity contribution in [2.75, 3.05) is 12.1 Å². The predicted molar refractivity (Wildman–Crippen MR) is 136 cm³/mol. The molecule has 0 radical (unpaired) electrons. The van der Waals surface area contributed by atoms with E-state index in [-0.39, 0.29) is 25.2 Å². The van der Waals surface area contributed by atoms with Gasteiger partial charge in [0.05, 0.1) is 31.7 Å². The number of nitrogens with one attached hydrogen (secondary N) is 1. The zero-order chi connectivity index (χ0) is 25.6. The highest BCUT2D eigenvalue weighted by Gasteiger charge is 2.31. The van der Waals surface area contributed by atoms with Gasteiger partial charge in [-0.3, -0.25) is 9.36 Å². The highest BCUT2D eigenvalue weighted by Crippen LogP contribution is 2.44. The van der Waals surface area contributed by atoms with Crippen LogP contribution in [0.1, 0.15) is 33.3 Å². The fourth-order valence-corrected chi connectivity index (χ4v) is 5.13. The number of hydrogen-bond donors (Lipinski definition) is 2. The van der Waals surface area contributed by atoms with E-state index >= 15 is 0 Å². The number of halogens is 1. The normalized spacial score (nSPS) is 15.1. The lowest BCUT2D eigenvalue weighted by Crippen LogP contribution is -2.36. The van der Waals surface area contributed by atoms with Crippen LogP contribution in [0.15, 0.2) is 41.4 Å². The molecule has 0 spiro atoms. The molecule has 3 aromatic rings. The van der Waals surface area contributed by atoms with Gasteiger partial charge in [-0.25, -0.2) is 20.0 Å². The average molecular weight is 569 g/mol. The first kappa shape index (κ1) is 27.2. The molecule has 3 atom stereocenters. The van der Waals surface area contributed by atoms with Gasteiger partial charge < -0.3 is 24.3 Å². The van der Waals surface area contributed by atoms with E-state index in [4.69, 9.17) is 19.7 Å². The highest BCUT2D eigenvalue weighted by molar-refractivity contribution is 9.10. The first-order valence-electron chi connectivity index (χ1n) is 11.1. The molecule has 0 bridgehead atoms. The zero-order valence-corrected chi connectivity index (χ0v) is 22.5. The molecule has 13 heteroatoms. The summed E-state index contributed by atoms with van der Waals surface area (Å²) in [7, 11) is -3.61. The second-order valence-corrected chi connectivity index (χ2v) is 11.4. The summed E-state index contributed by atoms with van der Waals surface area (Å²) in [5, 5.41) is 2.80. The zero-order valence-electron chi connectivity index (χ0n) is 20.1. The van der Waals surface area contributed by atoms with E-state index in [0.717, 1.165) is 10.0 Å². The number of carbonyl (C=O) groups excluding carboxylic acids is 1. The Morgan fingerprint density at radius 3 is 2.57 bits per heavy atom. The largest absolute Gasteiger partial charge is 0.462 e. The van der Waals surface area contributed by atoms with Gasteiger partial charge in [0.25, 0.3) is 7.52 Å². The second kappa shape index (κ2) is 12.0. The molecule has 1 unspecified atom stereocenters. The summed E-state index contributed by atoms with van der Waals surface area (Å²) in [6.45, 7) is 7.35. The molecule has 0 amide bonds. The molecule has 2 heterocycles. The molecular weight excluding hydrogens is 539 g/mol. The van der Waals surface area contributed by atoms with Crippen LogP contribution in [0.4, 0.5) is 5.82 Å². The maximum Gasteiger partial charge on any atom is 0.323 e. The van der Waals surface area contributed by atoms with Crippen molar-refractivity contribution in [1.82, 2.24) is 24.6 Å². The number of fused-ring (bicyclic) bond motifs is 1. The molecule has 0 saturated carbocycles. The molecule has 0 aliphatic rings. The SMILES string of the molecule is CC(C)OC(=O)[C@H](C)NP(=O)(CO[C@H](C)Cn1cnc2c(N)ncnc21)OCc1ccc(Br)cc1. The van der Waals surface area contributed by atoms with Crippen molar-refractivity contribution in [1.29, 1.82) is 0 Å². The molecule has 0 fully saturated rings. The van der Waals surface area contributed by atoms with Crippen molar-refractivity contribution >= 4 is 46.4 Å². The summed E-state index contributed by atoms with van der Waals surface area (Å²) in [6, 6.07) is 6.58. The van der Waals surface area contributed by atoms with Crippen molar-refractivity contribution < 1.29 is 23.4 Å². The molecule has 1 aromatic carbocycles. The molecule has 0 aliphatic heterocycles. The number of benzene rings is 1. The molecule has 190 valence electrons. The maximum absolute atomic E-state index is 13.7. The smallest absolute Gasteiger partial charge is 0.323 e. The molecule has 0 saturated heterocycles. The van der Waals surface area contributed by atoms with Gasteiger partial charge in [0.1, 0.15) is 24.2 Å². The Morgan fingerprint density at radius 2 is 1.89 bits per heavy atom. The Balaban J connectivity index is 1.68. The van der Waals surface area contributed by atoms with Gasteiger partial charge in [-0.2, -0.15) is 0 Å². The Hall–Kier alpha value is -2.37. The molecule has 3 N–H and O–H groups in total. The van der Waals surface area contributed by atoms with Gasteiger partial charge >= 0.3 is 5.97 Å². The second-order valence-electron chi connectivity index (χ2n) is 8.34. The number of nitrogens with two attached hydrogens (primary N) is 1. The molecule has 35 heavy (non-hydrogen) atoms. The molecule has 0 aliphatic carbocycles. The molecule has 2 aromatic heterocycles. The van der Waals surface area contributed by atoms with Crippen molar-refractivity contribution in [3.05, 3.63) is 47.0 Å². The van der Waals surface area contributed by atoms with Crippen LogP contribution in [0.2, 0.25) is 0 Å². The minimum atomic E-state index is -3.61. The van der Waals surface area contributed by atoms with Crippen LogP contribution < -0.4 is 10.8 Å². The van der Waals surface area contributed by atoms with Crippen molar-refractivity contribution in [2.45, 2.75) is 59.1 Å². The average Bonchev–Trinajstić information content (AvgIpc) is 3.21. The number of rotatable bonds is 12. The number of ether oxygens (including phenoxy) is 2. The standard InChI is InChI=1S/C22H30BrN6O5P/c1-14(2)34-22(30)16(4)28-35(31,33-10-17-5-7-18(23)8-6-17)13-32-15(3)9-29-12-27-19-20(24)25-11-26-21(19)29/h5-8,11-12,14-16H,9-10,13H2,1-4H3,(H,28,31)(H2,24,25,26)/t15-,16+,35?/m1/s1. The number of hydrogen-bond acceptors (Lipinski definition) is 9. The Kier molecular flexibility index (Phi) is 9.37. The fourth-order valence-electron chi connectivity index (χ4n) is 3.14. The lowest BCUT2D eigenvalue weighted by molar-refractivity contribution is -0.149. The van der Waals surface area contributed by atoms with Gasteiger partial charge in [0, 0.05) is 4.47 Å². The number of aromatic nitrogens is 4. The van der Waals surface area contributed by atoms with E-state index < -0.39 is 19.5 Å². The molecule has 3 rings (SSSR count). The predicted octanol–water partition coefficient (Wildman–Crippen LogP) is 3.87. The topological polar surface area (TPSA) is 143 Å². The quantitative estimate of drug-likeness (QED) is 0.244. The van der Waals surface area contributed by atoms with Crippen molar-refractivity contribution in [3.8, 4) is 0 Å². The van der Waals surface area contributed by atoms with Crippen LogP contribution >= 0.6 is 23.4 Å². The summed E-state index contributed by atoms with van der Waals surface area (Å²) in [5.74, 6) is -0.234. The first-order chi connectivity index (χ1) is 16.6. The minimum Gasteiger partial charge on any atom is -0.462 e. The highest BCUT2D eigenvalue weighted by atomic mass is 79.9. The number of carbonyl (C=O) groups is 1. The Bertz CT molecular complexity index is 1190. The van der Waals surface area contributed by atoms with E-state index in [9.17, 15) is 9.36 Å². The third-order valence-corrected chi connectivity index (χ3v) is 7.21. The van der Waals surface area contributed by atoms with Crippen molar-refractivity contribution in [3.63, 3.8) is 0 Å². The van der Waals surface area contributed by atoms with Gasteiger partial charge in [-0.05, 0) is 45.4 Å². The van der Waals surface area contributed by atoms with Crippen LogP contribution in [-0.4, -0.2) is 50.1 Å². The first-order valence-corrected chi connectivity index (χ1v) is 13.7. The Morgan fingerprint density at radius 1 is 1.17 bits per heavy atom. The number of anilines is 1. The van der Waals surface area contributed by atoms with Crippen LogP contribution in [0.5, 0.6) is 0 Å². The number of esters is 1. The maximum atomic E-state index is 13.7. The van der Waals surface area contributed by atoms with Gasteiger partial charge in [-0.1, -0.05) is 28.1 Å². The van der Waals surface area contributed by atoms with Gasteiger partial charge in [-0.15, -0.1) is 0 Å². The van der Waals surface area contributed by atoms with Crippen molar-refractivity contribution in [2.24, 2.45) is 0 Å². The molecule has 11 nitrogen and oxygen atoms in total. The third kappa shape index (κ3) is 7.81. The van der Waals surface area contributed by atoms with Crippen LogP contribution in [0.3, 0.4) is 0 Å². The summed E-state index contributed by atoms with van der Waals surface area (Å²) < 4.78 is 33.3. The van der Waals surface area contributed by atoms with Gasteiger partial charge in [0.15, 0.2) is 11.5 Å². The summed E-state index contributed by atoms with van der Waals surface area (Å²) in [5.41, 5.74) is 7.75. The fraction of sp³-hybridized carbons (Fsp3) is 0.455. The molecular formula is C22H30BrN6O5P. The van der Waals surface area contributed by atoms with E-state index in [1.165, 1.54) is 6.33 Å². The van der Waals surface area contributed by atoms with Gasteiger partial charge in [0.2, 0.25) is 0 Å². The van der Waals surface area contributed by atoms with E-state index in [1.807, 2.05) is 31.2 Å². The summed E-state index contributed by atoms with van der Waals surface area (Å²) in [4.78, 5) is 24.7. The third-order valence-electron chi connectivity index (χ3n) is 4.86. The van der Waals surface area contributed by atoms with Crippen LogP contribution in [-0.2, 0) is 36.5 Å². The summed E-state index contributed by atoms with van der Waals surface area (Å²) in [6.07, 6.45) is 2.03.